The molecule has 0 atom stereocenters. The molecule has 2 rings (SSSR count). The summed E-state index contributed by atoms with van der Waals surface area (Å²) in [5.41, 5.74) is 0.257. The standard InChI is InChI=1S/C12H18N3O/c1-11(2)12(3,4)15(16)10(14-11)9-6-5-7-13-8-9/h5-7,14H,8H2,1-4H3/q-1. The molecule has 0 amide bonds. The van der Waals surface area contributed by atoms with Crippen LogP contribution in [0.5, 0.6) is 0 Å². The van der Waals surface area contributed by atoms with Gasteiger partial charge in [-0.25, -0.2) is 0 Å². The van der Waals surface area contributed by atoms with Crippen molar-refractivity contribution in [1.82, 2.24) is 10.4 Å². The summed E-state index contributed by atoms with van der Waals surface area (Å²) in [5, 5.41) is 16.6. The van der Waals surface area contributed by atoms with E-state index in [0.29, 0.717) is 12.4 Å². The zero-order valence-electron chi connectivity index (χ0n) is 10.2. The predicted octanol–water partition coefficient (Wildman–Crippen LogP) is 1.80. The molecule has 4 heteroatoms. The van der Waals surface area contributed by atoms with Crippen LogP contribution in [0, 0.1) is 5.21 Å². The predicted molar refractivity (Wildman–Crippen MR) is 66.0 cm³/mol. The molecule has 4 nitrogen and oxygen atoms in total. The van der Waals surface area contributed by atoms with Gasteiger partial charge >= 0.3 is 0 Å². The highest BCUT2D eigenvalue weighted by molar-refractivity contribution is 5.74. The Morgan fingerprint density at radius 3 is 2.50 bits per heavy atom. The second kappa shape index (κ2) is 3.35. The van der Waals surface area contributed by atoms with Crippen LogP contribution in [0.3, 0.4) is 0 Å². The minimum atomic E-state index is -0.454. The average molecular weight is 220 g/mol. The van der Waals surface area contributed by atoms with Crippen LogP contribution in [0.4, 0.5) is 0 Å². The molecule has 0 aromatic rings. The van der Waals surface area contributed by atoms with Crippen molar-refractivity contribution in [2.75, 3.05) is 6.54 Å². The van der Waals surface area contributed by atoms with E-state index in [-0.39, 0.29) is 5.54 Å². The van der Waals surface area contributed by atoms with Crippen LogP contribution in [-0.4, -0.2) is 28.9 Å². The van der Waals surface area contributed by atoms with Gasteiger partial charge in [0.15, 0.2) is 0 Å². The van der Waals surface area contributed by atoms with Gasteiger partial charge in [-0.2, -0.15) is 0 Å². The molecule has 1 saturated heterocycles. The van der Waals surface area contributed by atoms with E-state index >= 15 is 0 Å². The fourth-order valence-electron chi connectivity index (χ4n) is 1.82. The fraction of sp³-hybridized carbons (Fsp3) is 0.583. The van der Waals surface area contributed by atoms with Crippen molar-refractivity contribution in [1.29, 1.82) is 0 Å². The molecule has 2 aliphatic rings. The third kappa shape index (κ3) is 1.45. The third-order valence-corrected chi connectivity index (χ3v) is 3.73. The van der Waals surface area contributed by atoms with Crippen molar-refractivity contribution in [2.24, 2.45) is 4.99 Å². The summed E-state index contributed by atoms with van der Waals surface area (Å²) in [6.45, 7) is 8.57. The van der Waals surface area contributed by atoms with Crippen LogP contribution < -0.4 is 5.32 Å². The maximum Gasteiger partial charge on any atom is 0.0966 e. The van der Waals surface area contributed by atoms with E-state index in [1.54, 1.807) is 6.21 Å². The Balaban J connectivity index is 2.41. The van der Waals surface area contributed by atoms with Gasteiger partial charge in [-0.3, -0.25) is 4.99 Å². The Hall–Kier alpha value is -1.29. The van der Waals surface area contributed by atoms with E-state index in [1.165, 1.54) is 0 Å². The van der Waals surface area contributed by atoms with Gasteiger partial charge in [0, 0.05) is 17.3 Å². The average Bonchev–Trinajstić information content (AvgIpc) is 2.40. The van der Waals surface area contributed by atoms with Gasteiger partial charge in [-0.1, -0.05) is 6.08 Å². The number of nitrogens with zero attached hydrogens (tertiary/aromatic N) is 2. The Kier molecular flexibility index (Phi) is 2.35. The molecule has 1 N–H and O–H groups in total. The van der Waals surface area contributed by atoms with E-state index in [0.717, 1.165) is 10.6 Å². The van der Waals surface area contributed by atoms with Crippen LogP contribution in [0.2, 0.25) is 0 Å². The first kappa shape index (κ1) is 11.2. The summed E-state index contributed by atoms with van der Waals surface area (Å²) in [6.07, 6.45) is 5.56. The first-order chi connectivity index (χ1) is 7.36. The van der Waals surface area contributed by atoms with Crippen molar-refractivity contribution in [3.8, 4) is 0 Å². The van der Waals surface area contributed by atoms with Gasteiger partial charge in [0.25, 0.3) is 0 Å². The number of rotatable bonds is 0. The number of hydrogen-bond acceptors (Lipinski definition) is 4. The number of dihydropyridines is 1. The lowest BCUT2D eigenvalue weighted by atomic mass is 9.84. The molecule has 0 aromatic carbocycles. The molecule has 0 aromatic heterocycles. The van der Waals surface area contributed by atoms with Crippen molar-refractivity contribution >= 4 is 6.21 Å². The smallest absolute Gasteiger partial charge is 0.0966 e. The van der Waals surface area contributed by atoms with Gasteiger partial charge in [0.2, 0.25) is 0 Å². The highest BCUT2D eigenvalue weighted by Crippen LogP contribution is 2.38. The Morgan fingerprint density at radius 2 is 2.06 bits per heavy atom. The molecular formula is C12H18N3O-. The highest BCUT2D eigenvalue weighted by Gasteiger charge is 2.45. The molecule has 0 unspecified atom stereocenters. The second-order valence-corrected chi connectivity index (χ2v) is 5.33. The maximum absolute atomic E-state index is 12.3. The highest BCUT2D eigenvalue weighted by atomic mass is 16.5. The lowest BCUT2D eigenvalue weighted by molar-refractivity contribution is 0.195. The van der Waals surface area contributed by atoms with Crippen LogP contribution in [-0.2, 0) is 0 Å². The molecule has 0 radical (unpaired) electrons. The zero-order chi connectivity index (χ0) is 12.0. The lowest BCUT2D eigenvalue weighted by Crippen LogP contribution is -2.51. The fourth-order valence-corrected chi connectivity index (χ4v) is 1.82. The minimum Gasteiger partial charge on any atom is -0.757 e. The van der Waals surface area contributed by atoms with Crippen molar-refractivity contribution in [3.63, 3.8) is 0 Å². The number of hydrogen-bond donors (Lipinski definition) is 1. The normalized spacial score (nSPS) is 30.7. The summed E-state index contributed by atoms with van der Waals surface area (Å²) >= 11 is 0. The first-order valence-electron chi connectivity index (χ1n) is 5.51. The summed E-state index contributed by atoms with van der Waals surface area (Å²) in [5.74, 6) is 0.656. The molecular weight excluding hydrogens is 202 g/mol. The monoisotopic (exact) mass is 220 g/mol. The molecule has 1 fully saturated rings. The number of aliphatic imine (C=N–C) groups is 1. The van der Waals surface area contributed by atoms with Crippen molar-refractivity contribution in [3.05, 3.63) is 28.8 Å². The van der Waals surface area contributed by atoms with Crippen LogP contribution in [0.15, 0.2) is 28.5 Å². The first-order valence-corrected chi connectivity index (χ1v) is 5.51. The molecule has 88 valence electrons. The van der Waals surface area contributed by atoms with E-state index in [1.807, 2.05) is 39.8 Å². The number of nitrogens with one attached hydrogen (secondary N) is 1. The van der Waals surface area contributed by atoms with E-state index in [9.17, 15) is 5.21 Å². The van der Waals surface area contributed by atoms with E-state index in [2.05, 4.69) is 10.3 Å². The summed E-state index contributed by atoms with van der Waals surface area (Å²) in [4.78, 5) is 4.16. The maximum atomic E-state index is 12.3. The molecule has 0 saturated carbocycles. The van der Waals surface area contributed by atoms with Crippen molar-refractivity contribution < 1.29 is 0 Å². The quantitative estimate of drug-likeness (QED) is 0.677. The Morgan fingerprint density at radius 1 is 1.38 bits per heavy atom. The Bertz CT molecular complexity index is 391. The molecule has 2 aliphatic heterocycles. The van der Waals surface area contributed by atoms with Gasteiger partial charge in [0.1, 0.15) is 0 Å². The van der Waals surface area contributed by atoms with Gasteiger partial charge < -0.3 is 15.6 Å². The minimum absolute atomic E-state index is 0.244. The topological polar surface area (TPSA) is 50.7 Å². The van der Waals surface area contributed by atoms with Gasteiger partial charge in [-0.05, 0) is 33.8 Å². The van der Waals surface area contributed by atoms with Gasteiger partial charge in [0.05, 0.1) is 17.9 Å². The number of allylic oxidation sites excluding steroid dienone is 1. The Labute approximate surface area is 96.3 Å². The van der Waals surface area contributed by atoms with E-state index < -0.39 is 5.54 Å². The SMILES string of the molecule is CC1(C)NC(=C2C=CC=NC2)N([O-])C1(C)C. The molecule has 0 spiro atoms. The largest absolute Gasteiger partial charge is 0.757 e. The van der Waals surface area contributed by atoms with Gasteiger partial charge in [-0.15, -0.1) is 0 Å². The zero-order valence-corrected chi connectivity index (χ0v) is 10.2. The number of hydroxylamine groups is 2. The van der Waals surface area contributed by atoms with Crippen molar-refractivity contribution in [2.45, 2.75) is 38.8 Å². The molecule has 2 heterocycles. The summed E-state index contributed by atoms with van der Waals surface area (Å²) < 4.78 is 0. The second-order valence-electron chi connectivity index (χ2n) is 5.33. The summed E-state index contributed by atoms with van der Waals surface area (Å²) in [6, 6.07) is 0. The third-order valence-electron chi connectivity index (χ3n) is 3.73. The molecule has 0 bridgehead atoms. The molecule has 0 aliphatic carbocycles. The lowest BCUT2D eigenvalue weighted by Gasteiger charge is -2.44. The van der Waals surface area contributed by atoms with E-state index in [4.69, 9.17) is 0 Å². The van der Waals surface area contributed by atoms with Crippen LogP contribution >= 0.6 is 0 Å². The molecule has 16 heavy (non-hydrogen) atoms. The summed E-state index contributed by atoms with van der Waals surface area (Å²) in [7, 11) is 0. The van der Waals surface area contributed by atoms with Crippen LogP contribution in [0.25, 0.3) is 0 Å². The van der Waals surface area contributed by atoms with Crippen LogP contribution in [0.1, 0.15) is 27.7 Å².